The molecule has 0 spiro atoms. The topological polar surface area (TPSA) is 60.8 Å². The Balaban J connectivity index is 1.70. The maximum atomic E-state index is 11.8. The van der Waals surface area contributed by atoms with Crippen molar-refractivity contribution in [3.8, 4) is 0 Å². The molecule has 8 bridgehead atoms. The molecule has 0 radical (unpaired) electrons. The van der Waals surface area contributed by atoms with Crippen LogP contribution in [0.3, 0.4) is 0 Å². The van der Waals surface area contributed by atoms with E-state index in [0.717, 1.165) is 25.8 Å². The maximum Gasteiger partial charge on any atom is 0.303 e. The van der Waals surface area contributed by atoms with Crippen LogP contribution in [0.1, 0.15) is 72.1 Å². The predicted octanol–water partition coefficient (Wildman–Crippen LogP) is 3.73. The molecule has 3 aliphatic carbocycles. The molecular weight excluding hydrogens is 326 g/mol. The van der Waals surface area contributed by atoms with Crippen LogP contribution in [0.2, 0.25) is 0 Å². The number of aliphatic carboxylic acids is 1. The number of rotatable bonds is 4. The first-order valence-electron chi connectivity index (χ1n) is 11.0. The average molecular weight is 362 g/mol. The van der Waals surface area contributed by atoms with Crippen molar-refractivity contribution >= 4 is 5.97 Å². The molecule has 0 aromatic carbocycles. The fraction of sp³-hybridized carbons (Fsp3) is 0.955. The zero-order valence-electron chi connectivity index (χ0n) is 16.6. The van der Waals surface area contributed by atoms with E-state index >= 15 is 0 Å². The minimum atomic E-state index is -0.649. The van der Waals surface area contributed by atoms with E-state index in [2.05, 4.69) is 25.7 Å². The molecule has 26 heavy (non-hydrogen) atoms. The van der Waals surface area contributed by atoms with Gasteiger partial charge in [0.2, 0.25) is 0 Å². The van der Waals surface area contributed by atoms with Gasteiger partial charge in [-0.2, -0.15) is 0 Å². The Labute approximate surface area is 157 Å². The SMILES string of the molecule is CC(C)[C@H]1CC[C@]2(C)[C@@H]3C[C@@H]4[C@@H]5CCC[C@]4(O)N(C3)[C@@H]1[C@]52CCC(=O)O. The predicted molar refractivity (Wildman–Crippen MR) is 99.4 cm³/mol. The van der Waals surface area contributed by atoms with Gasteiger partial charge in [0.15, 0.2) is 0 Å². The minimum absolute atomic E-state index is 0.0943. The molecule has 3 saturated carbocycles. The highest BCUT2D eigenvalue weighted by Crippen LogP contribution is 2.78. The number of nitrogens with zero attached hydrogens (tertiary/aromatic N) is 1. The van der Waals surface area contributed by atoms with Crippen molar-refractivity contribution in [2.75, 3.05) is 6.54 Å². The molecule has 0 amide bonds. The first-order chi connectivity index (χ1) is 12.3. The number of piperidine rings is 3. The number of carboxylic acids is 1. The summed E-state index contributed by atoms with van der Waals surface area (Å²) in [4.78, 5) is 14.1. The highest BCUT2D eigenvalue weighted by molar-refractivity contribution is 5.66. The summed E-state index contributed by atoms with van der Waals surface area (Å²) in [6.07, 6.45) is 8.00. The summed E-state index contributed by atoms with van der Waals surface area (Å²) in [5.74, 6) is 2.06. The van der Waals surface area contributed by atoms with Crippen molar-refractivity contribution < 1.29 is 15.0 Å². The lowest BCUT2D eigenvalue weighted by atomic mass is 9.31. The number of hydrogen-bond donors (Lipinski definition) is 2. The summed E-state index contributed by atoms with van der Waals surface area (Å²) in [5.41, 5.74) is -0.255. The van der Waals surface area contributed by atoms with Crippen LogP contribution in [-0.2, 0) is 4.79 Å². The number of hydrogen-bond acceptors (Lipinski definition) is 3. The molecule has 3 heterocycles. The van der Waals surface area contributed by atoms with Crippen LogP contribution < -0.4 is 0 Å². The van der Waals surface area contributed by atoms with E-state index in [1.165, 1.54) is 25.7 Å². The molecule has 6 fully saturated rings. The molecular formula is C22H35NO3. The third kappa shape index (κ3) is 1.77. The van der Waals surface area contributed by atoms with Gasteiger partial charge >= 0.3 is 5.97 Å². The van der Waals surface area contributed by atoms with Gasteiger partial charge in [-0.15, -0.1) is 0 Å². The van der Waals surface area contributed by atoms with Crippen molar-refractivity contribution in [3.63, 3.8) is 0 Å². The van der Waals surface area contributed by atoms with E-state index in [4.69, 9.17) is 0 Å². The summed E-state index contributed by atoms with van der Waals surface area (Å²) in [6, 6.07) is 0.378. The van der Waals surface area contributed by atoms with Crippen LogP contribution in [0.25, 0.3) is 0 Å². The normalized spacial score (nSPS) is 56.8. The molecule has 6 aliphatic rings. The standard InChI is InChI=1S/C22H35NO3/c1-13(2)15-6-9-20(3)14-11-17-16-5-4-8-22(17,26)23(12-14)19(15)21(16,20)10-7-18(24)25/h13-17,19,26H,4-12H2,1-3H3,(H,24,25)/t14-,15-,16+,17-,19+,20-,21+,22-/m1/s1. The Morgan fingerprint density at radius 3 is 2.69 bits per heavy atom. The van der Waals surface area contributed by atoms with Gasteiger partial charge in [-0.25, -0.2) is 0 Å². The summed E-state index contributed by atoms with van der Waals surface area (Å²) in [5, 5.41) is 21.4. The molecule has 0 aromatic rings. The lowest BCUT2D eigenvalue weighted by Gasteiger charge is -2.82. The molecule has 4 nitrogen and oxygen atoms in total. The highest BCUT2D eigenvalue weighted by atomic mass is 16.4. The van der Waals surface area contributed by atoms with Crippen LogP contribution in [0.4, 0.5) is 0 Å². The maximum absolute atomic E-state index is 11.8. The summed E-state index contributed by atoms with van der Waals surface area (Å²) >= 11 is 0. The Bertz CT molecular complexity index is 635. The van der Waals surface area contributed by atoms with Gasteiger partial charge in [0.1, 0.15) is 5.72 Å². The molecule has 146 valence electrons. The van der Waals surface area contributed by atoms with Crippen molar-refractivity contribution in [2.24, 2.45) is 40.4 Å². The highest BCUT2D eigenvalue weighted by Gasteiger charge is 2.78. The molecule has 6 rings (SSSR count). The Hall–Kier alpha value is -0.610. The summed E-state index contributed by atoms with van der Waals surface area (Å²) in [7, 11) is 0. The summed E-state index contributed by atoms with van der Waals surface area (Å²) < 4.78 is 0. The van der Waals surface area contributed by atoms with Gasteiger partial charge < -0.3 is 10.2 Å². The molecule has 0 aromatic heterocycles. The first-order valence-corrected chi connectivity index (χ1v) is 11.0. The Morgan fingerprint density at radius 1 is 1.23 bits per heavy atom. The Morgan fingerprint density at radius 2 is 2.00 bits per heavy atom. The third-order valence-corrected chi connectivity index (χ3v) is 10.1. The van der Waals surface area contributed by atoms with E-state index in [0.29, 0.717) is 42.1 Å². The van der Waals surface area contributed by atoms with E-state index in [1.807, 2.05) is 0 Å². The van der Waals surface area contributed by atoms with Crippen molar-refractivity contribution in [3.05, 3.63) is 0 Å². The van der Waals surface area contributed by atoms with Gasteiger partial charge in [0, 0.05) is 24.9 Å². The smallest absolute Gasteiger partial charge is 0.303 e. The van der Waals surface area contributed by atoms with Gasteiger partial charge in [-0.3, -0.25) is 9.69 Å². The lowest BCUT2D eigenvalue weighted by molar-refractivity contribution is -0.388. The largest absolute Gasteiger partial charge is 0.481 e. The van der Waals surface area contributed by atoms with Crippen LogP contribution >= 0.6 is 0 Å². The van der Waals surface area contributed by atoms with Crippen molar-refractivity contribution in [2.45, 2.75) is 83.9 Å². The summed E-state index contributed by atoms with van der Waals surface area (Å²) in [6.45, 7) is 8.23. The van der Waals surface area contributed by atoms with E-state index < -0.39 is 11.7 Å². The molecule has 4 heteroatoms. The van der Waals surface area contributed by atoms with Gasteiger partial charge in [-0.05, 0) is 79.4 Å². The second kappa shape index (κ2) is 5.26. The fourth-order valence-corrected chi connectivity index (χ4v) is 9.15. The fourth-order valence-electron chi connectivity index (χ4n) is 9.15. The minimum Gasteiger partial charge on any atom is -0.481 e. The second-order valence-electron chi connectivity index (χ2n) is 10.8. The molecule has 3 saturated heterocycles. The molecule has 3 aliphatic heterocycles. The van der Waals surface area contributed by atoms with Crippen molar-refractivity contribution in [1.82, 2.24) is 4.90 Å². The van der Waals surface area contributed by atoms with E-state index in [-0.39, 0.29) is 10.8 Å². The molecule has 1 unspecified atom stereocenters. The number of carboxylic acid groups (broad SMARTS) is 1. The lowest BCUT2D eigenvalue weighted by Crippen LogP contribution is -2.86. The number of carbonyl (C=O) groups is 1. The van der Waals surface area contributed by atoms with Crippen LogP contribution in [0, 0.1) is 40.4 Å². The van der Waals surface area contributed by atoms with Crippen LogP contribution in [0.15, 0.2) is 0 Å². The van der Waals surface area contributed by atoms with E-state index in [1.54, 1.807) is 0 Å². The van der Waals surface area contributed by atoms with Gasteiger partial charge in [0.05, 0.1) is 0 Å². The molecule has 2 N–H and O–H groups in total. The van der Waals surface area contributed by atoms with Gasteiger partial charge in [0.25, 0.3) is 0 Å². The molecule has 9 atom stereocenters. The Kier molecular flexibility index (Phi) is 3.53. The zero-order chi connectivity index (χ0) is 18.5. The average Bonchev–Trinajstić information content (AvgIpc) is 2.56. The van der Waals surface area contributed by atoms with Crippen molar-refractivity contribution in [1.29, 1.82) is 0 Å². The number of aliphatic hydroxyl groups is 1. The monoisotopic (exact) mass is 361 g/mol. The second-order valence-corrected chi connectivity index (χ2v) is 10.8. The third-order valence-electron chi connectivity index (χ3n) is 10.1. The quantitative estimate of drug-likeness (QED) is 0.801. The van der Waals surface area contributed by atoms with E-state index in [9.17, 15) is 15.0 Å². The van der Waals surface area contributed by atoms with Crippen LogP contribution in [-0.4, -0.2) is 39.4 Å². The zero-order valence-corrected chi connectivity index (χ0v) is 16.6. The van der Waals surface area contributed by atoms with Gasteiger partial charge in [-0.1, -0.05) is 20.8 Å². The van der Waals surface area contributed by atoms with Crippen LogP contribution in [0.5, 0.6) is 0 Å². The first kappa shape index (κ1) is 17.5.